The summed E-state index contributed by atoms with van der Waals surface area (Å²) in [7, 11) is 0. The van der Waals surface area contributed by atoms with E-state index in [-0.39, 0.29) is 17.5 Å². The van der Waals surface area contributed by atoms with Crippen LogP contribution in [0.4, 0.5) is 15.9 Å². The second kappa shape index (κ2) is 7.70. The molecule has 3 aromatic heterocycles. The lowest BCUT2D eigenvalue weighted by molar-refractivity contribution is -0.120. The fourth-order valence-electron chi connectivity index (χ4n) is 3.71. The molecule has 0 saturated carbocycles. The second-order valence-corrected chi connectivity index (χ2v) is 7.38. The van der Waals surface area contributed by atoms with E-state index in [0.29, 0.717) is 43.1 Å². The molecule has 1 saturated heterocycles. The monoisotopic (exact) mass is 422 g/mol. The normalized spacial score (nSPS) is 14.8. The topological polar surface area (TPSA) is 119 Å². The minimum absolute atomic E-state index is 0.0899. The molecule has 4 aromatic rings. The van der Waals surface area contributed by atoms with E-state index in [4.69, 9.17) is 0 Å². The van der Waals surface area contributed by atoms with Crippen LogP contribution in [-0.4, -0.2) is 59.0 Å². The van der Waals surface area contributed by atoms with Gasteiger partial charge < -0.3 is 10.2 Å². The fourth-order valence-corrected chi connectivity index (χ4v) is 3.71. The Morgan fingerprint density at radius 2 is 2.00 bits per heavy atom. The summed E-state index contributed by atoms with van der Waals surface area (Å²) < 4.78 is 17.2. The Morgan fingerprint density at radius 1 is 1.16 bits per heavy atom. The summed E-state index contributed by atoms with van der Waals surface area (Å²) in [6, 6.07) is 8.13. The van der Waals surface area contributed by atoms with Crippen molar-refractivity contribution in [3.8, 4) is 5.69 Å². The maximum absolute atomic E-state index is 14.2. The largest absolute Gasteiger partial charge is 0.355 e. The number of nitrogens with zero attached hydrogens (tertiary/aromatic N) is 9. The smallest absolute Gasteiger partial charge is 0.227 e. The third kappa shape index (κ3) is 3.67. The van der Waals surface area contributed by atoms with Crippen LogP contribution < -0.4 is 10.2 Å². The van der Waals surface area contributed by atoms with E-state index in [1.807, 2.05) is 12.1 Å². The summed E-state index contributed by atoms with van der Waals surface area (Å²) >= 11 is 0. The molecule has 1 fully saturated rings. The van der Waals surface area contributed by atoms with E-state index in [1.165, 1.54) is 22.9 Å². The van der Waals surface area contributed by atoms with Crippen molar-refractivity contribution in [1.29, 1.82) is 0 Å². The number of rotatable bonds is 4. The highest BCUT2D eigenvalue weighted by Crippen LogP contribution is 2.24. The van der Waals surface area contributed by atoms with Crippen LogP contribution in [0.15, 0.2) is 36.7 Å². The molecule has 158 valence electrons. The number of halogens is 1. The highest BCUT2D eigenvalue weighted by atomic mass is 19.1. The number of hydrogen-bond acceptors (Lipinski definition) is 8. The molecule has 4 heterocycles. The standard InChI is InChI=1S/C19H19FN10O/c1-12-23-26-27-30(12)16-10-14(2-3-15(16)20)22-19(31)13-6-8-28(9-7-13)18-5-4-17-24-21-11-29(17)25-18/h2-5,10-11,13H,6-9H2,1H3,(H,22,31). The van der Waals surface area contributed by atoms with Gasteiger partial charge in [0.1, 0.15) is 23.6 Å². The Labute approximate surface area is 175 Å². The van der Waals surface area contributed by atoms with Gasteiger partial charge in [0.2, 0.25) is 5.91 Å². The van der Waals surface area contributed by atoms with Crippen molar-refractivity contribution in [3.05, 3.63) is 48.3 Å². The molecule has 1 N–H and O–H groups in total. The predicted molar refractivity (Wildman–Crippen MR) is 108 cm³/mol. The molecule has 0 unspecified atom stereocenters. The Morgan fingerprint density at radius 3 is 2.77 bits per heavy atom. The molecular weight excluding hydrogens is 403 g/mol. The SMILES string of the molecule is Cc1nnnn1-c1cc(NC(=O)C2CCN(c3ccc4nncn4n3)CC2)ccc1F. The number of anilines is 2. The molecule has 1 aliphatic heterocycles. The number of piperidine rings is 1. The zero-order valence-corrected chi connectivity index (χ0v) is 16.7. The summed E-state index contributed by atoms with van der Waals surface area (Å²) in [5.74, 6) is 0.574. The zero-order chi connectivity index (χ0) is 21.4. The quantitative estimate of drug-likeness (QED) is 0.524. The number of tetrazole rings is 1. The number of amides is 1. The number of aryl methyl sites for hydroxylation is 1. The first-order valence-corrected chi connectivity index (χ1v) is 9.86. The van der Waals surface area contributed by atoms with Gasteiger partial charge in [0, 0.05) is 24.7 Å². The lowest BCUT2D eigenvalue weighted by atomic mass is 9.96. The lowest BCUT2D eigenvalue weighted by Gasteiger charge is -2.32. The predicted octanol–water partition coefficient (Wildman–Crippen LogP) is 1.40. The highest BCUT2D eigenvalue weighted by molar-refractivity contribution is 5.93. The Balaban J connectivity index is 1.24. The van der Waals surface area contributed by atoms with Gasteiger partial charge in [0.15, 0.2) is 11.5 Å². The first-order valence-electron chi connectivity index (χ1n) is 9.86. The van der Waals surface area contributed by atoms with Crippen LogP contribution in [0.2, 0.25) is 0 Å². The molecule has 0 atom stereocenters. The Hall–Kier alpha value is -3.96. The fraction of sp³-hybridized carbons (Fsp3) is 0.316. The van der Waals surface area contributed by atoms with Crippen LogP contribution in [0.5, 0.6) is 0 Å². The van der Waals surface area contributed by atoms with E-state index in [0.717, 1.165) is 5.82 Å². The van der Waals surface area contributed by atoms with Crippen molar-refractivity contribution in [3.63, 3.8) is 0 Å². The van der Waals surface area contributed by atoms with E-state index < -0.39 is 5.82 Å². The zero-order valence-electron chi connectivity index (χ0n) is 16.7. The molecule has 11 nitrogen and oxygen atoms in total. The number of benzene rings is 1. The van der Waals surface area contributed by atoms with Crippen LogP contribution >= 0.6 is 0 Å². The van der Waals surface area contributed by atoms with Gasteiger partial charge in [0.25, 0.3) is 0 Å². The van der Waals surface area contributed by atoms with Crippen molar-refractivity contribution < 1.29 is 9.18 Å². The molecule has 0 radical (unpaired) electrons. The number of hydrogen-bond donors (Lipinski definition) is 1. The number of nitrogens with one attached hydrogen (secondary N) is 1. The maximum atomic E-state index is 14.2. The van der Waals surface area contributed by atoms with E-state index in [9.17, 15) is 9.18 Å². The van der Waals surface area contributed by atoms with E-state index in [1.54, 1.807) is 17.8 Å². The average Bonchev–Trinajstić information content (AvgIpc) is 3.43. The number of carbonyl (C=O) groups is 1. The van der Waals surface area contributed by atoms with Crippen LogP contribution in [0.25, 0.3) is 11.3 Å². The third-order valence-corrected chi connectivity index (χ3v) is 5.40. The van der Waals surface area contributed by atoms with Gasteiger partial charge in [-0.2, -0.15) is 9.20 Å². The average molecular weight is 422 g/mol. The molecular formula is C19H19FN10O. The van der Waals surface area contributed by atoms with Gasteiger partial charge in [-0.1, -0.05) is 0 Å². The number of carbonyl (C=O) groups excluding carboxylic acids is 1. The van der Waals surface area contributed by atoms with Gasteiger partial charge in [-0.05, 0) is 60.5 Å². The van der Waals surface area contributed by atoms with Crippen LogP contribution in [0.3, 0.4) is 0 Å². The third-order valence-electron chi connectivity index (χ3n) is 5.40. The highest BCUT2D eigenvalue weighted by Gasteiger charge is 2.26. The number of aromatic nitrogens is 8. The van der Waals surface area contributed by atoms with Crippen molar-refractivity contribution in [1.82, 2.24) is 40.0 Å². The van der Waals surface area contributed by atoms with Crippen molar-refractivity contribution in [2.24, 2.45) is 5.92 Å². The van der Waals surface area contributed by atoms with Crippen molar-refractivity contribution in [2.45, 2.75) is 19.8 Å². The number of fused-ring (bicyclic) bond motifs is 1. The van der Waals surface area contributed by atoms with Crippen molar-refractivity contribution in [2.75, 3.05) is 23.3 Å². The van der Waals surface area contributed by atoms with Gasteiger partial charge >= 0.3 is 0 Å². The summed E-state index contributed by atoms with van der Waals surface area (Å²) in [5.41, 5.74) is 1.37. The molecule has 31 heavy (non-hydrogen) atoms. The molecule has 1 aliphatic rings. The minimum Gasteiger partial charge on any atom is -0.355 e. The van der Waals surface area contributed by atoms with E-state index >= 15 is 0 Å². The first kappa shape index (κ1) is 19.0. The van der Waals surface area contributed by atoms with Gasteiger partial charge in [-0.25, -0.2) is 4.39 Å². The summed E-state index contributed by atoms with van der Waals surface area (Å²) in [6.07, 6.45) is 2.94. The second-order valence-electron chi connectivity index (χ2n) is 7.38. The summed E-state index contributed by atoms with van der Waals surface area (Å²) in [6.45, 7) is 3.09. The van der Waals surface area contributed by atoms with Crippen LogP contribution in [0, 0.1) is 18.7 Å². The lowest BCUT2D eigenvalue weighted by Crippen LogP contribution is -2.38. The molecule has 1 amide bonds. The van der Waals surface area contributed by atoms with Crippen LogP contribution in [-0.2, 0) is 4.79 Å². The van der Waals surface area contributed by atoms with Crippen molar-refractivity contribution >= 4 is 23.1 Å². The summed E-state index contributed by atoms with van der Waals surface area (Å²) in [4.78, 5) is 14.9. The first-order chi connectivity index (χ1) is 15.1. The minimum atomic E-state index is -0.473. The van der Waals surface area contributed by atoms with Crippen LogP contribution in [0.1, 0.15) is 18.7 Å². The van der Waals surface area contributed by atoms with Gasteiger partial charge in [-0.15, -0.1) is 20.4 Å². The Bertz CT molecular complexity index is 1240. The molecule has 0 bridgehead atoms. The molecule has 0 spiro atoms. The molecule has 0 aliphatic carbocycles. The maximum Gasteiger partial charge on any atom is 0.227 e. The van der Waals surface area contributed by atoms with Gasteiger partial charge in [-0.3, -0.25) is 4.79 Å². The molecule has 1 aromatic carbocycles. The molecule has 5 rings (SSSR count). The van der Waals surface area contributed by atoms with E-state index in [2.05, 4.69) is 41.0 Å². The van der Waals surface area contributed by atoms with Gasteiger partial charge in [0.05, 0.1) is 0 Å². The molecule has 12 heteroatoms. The Kier molecular flexibility index (Phi) is 4.73. The summed E-state index contributed by atoms with van der Waals surface area (Å²) in [5, 5.41) is 26.3.